The van der Waals surface area contributed by atoms with Crippen molar-refractivity contribution in [2.45, 2.75) is 13.8 Å². The molecule has 8 heteroatoms. The van der Waals surface area contributed by atoms with E-state index in [1.54, 1.807) is 26.0 Å². The van der Waals surface area contributed by atoms with E-state index in [9.17, 15) is 9.59 Å². The average molecular weight is 310 g/mol. The Morgan fingerprint density at radius 1 is 1.09 bits per heavy atom. The Balaban J connectivity index is 2.05. The van der Waals surface area contributed by atoms with Crippen molar-refractivity contribution in [3.63, 3.8) is 0 Å². The molecule has 0 saturated carbocycles. The third-order valence-corrected chi connectivity index (χ3v) is 3.13. The minimum Gasteiger partial charge on any atom is -0.291 e. The highest BCUT2D eigenvalue weighted by atomic mass is 16.1. The highest BCUT2D eigenvalue weighted by Crippen LogP contribution is 2.17. The fourth-order valence-corrected chi connectivity index (χ4v) is 2.08. The van der Waals surface area contributed by atoms with Gasteiger partial charge in [0, 0.05) is 11.8 Å². The van der Waals surface area contributed by atoms with E-state index in [0.717, 1.165) is 4.68 Å². The number of H-pyrrole nitrogens is 2. The smallest absolute Gasteiger partial charge is 0.291 e. The van der Waals surface area contributed by atoms with Crippen molar-refractivity contribution in [1.82, 2.24) is 19.7 Å². The summed E-state index contributed by atoms with van der Waals surface area (Å²) in [4.78, 5) is 30.6. The molecule has 0 amide bonds. The SMILES string of the molecule is Cc1cc(=O)[nH]c(-n2[nH]c(C)c(N=Nc3ccccc3)c2=O)n1. The summed E-state index contributed by atoms with van der Waals surface area (Å²) in [6.45, 7) is 3.38. The summed E-state index contributed by atoms with van der Waals surface area (Å²) < 4.78 is 1.14. The second kappa shape index (κ2) is 5.84. The van der Waals surface area contributed by atoms with E-state index < -0.39 is 5.56 Å². The Hall–Kier alpha value is -3.29. The Bertz CT molecular complexity index is 981. The van der Waals surface area contributed by atoms with Gasteiger partial charge in [-0.15, -0.1) is 5.11 Å². The molecule has 3 rings (SSSR count). The zero-order valence-corrected chi connectivity index (χ0v) is 12.6. The number of nitrogens with zero attached hydrogens (tertiary/aromatic N) is 4. The van der Waals surface area contributed by atoms with Crippen molar-refractivity contribution in [2.75, 3.05) is 0 Å². The first-order valence-corrected chi connectivity index (χ1v) is 6.91. The molecule has 2 heterocycles. The number of aromatic nitrogens is 4. The number of hydrogen-bond acceptors (Lipinski definition) is 5. The number of azo groups is 1. The van der Waals surface area contributed by atoms with E-state index in [1.165, 1.54) is 6.07 Å². The van der Waals surface area contributed by atoms with Crippen molar-refractivity contribution in [3.8, 4) is 5.95 Å². The summed E-state index contributed by atoms with van der Waals surface area (Å²) in [7, 11) is 0. The molecule has 0 radical (unpaired) electrons. The maximum absolute atomic E-state index is 12.4. The molecule has 23 heavy (non-hydrogen) atoms. The molecule has 0 atom stereocenters. The molecule has 8 nitrogen and oxygen atoms in total. The maximum Gasteiger partial charge on any atom is 0.301 e. The lowest BCUT2D eigenvalue weighted by molar-refractivity contribution is 0.763. The van der Waals surface area contributed by atoms with Crippen LogP contribution in [0.4, 0.5) is 11.4 Å². The molecule has 0 aliphatic heterocycles. The molecule has 2 aromatic heterocycles. The van der Waals surface area contributed by atoms with Gasteiger partial charge in [0.2, 0.25) is 5.95 Å². The Kier molecular flexibility index (Phi) is 3.71. The van der Waals surface area contributed by atoms with Crippen LogP contribution in [0.3, 0.4) is 0 Å². The van der Waals surface area contributed by atoms with Gasteiger partial charge in [-0.05, 0) is 26.0 Å². The van der Waals surface area contributed by atoms with Crippen LogP contribution in [0.15, 0.2) is 56.2 Å². The van der Waals surface area contributed by atoms with Crippen molar-refractivity contribution < 1.29 is 0 Å². The topological polar surface area (TPSA) is 108 Å². The van der Waals surface area contributed by atoms with E-state index in [0.29, 0.717) is 17.1 Å². The van der Waals surface area contributed by atoms with E-state index in [-0.39, 0.29) is 17.2 Å². The minimum atomic E-state index is -0.434. The number of hydrogen-bond donors (Lipinski definition) is 2. The first-order chi connectivity index (χ1) is 11.0. The van der Waals surface area contributed by atoms with Crippen LogP contribution in [0.1, 0.15) is 11.4 Å². The van der Waals surface area contributed by atoms with E-state index in [4.69, 9.17) is 0 Å². The molecule has 2 N–H and O–H groups in total. The lowest BCUT2D eigenvalue weighted by atomic mass is 10.3. The van der Waals surface area contributed by atoms with Crippen molar-refractivity contribution in [1.29, 1.82) is 0 Å². The third kappa shape index (κ3) is 3.00. The van der Waals surface area contributed by atoms with Crippen LogP contribution in [-0.4, -0.2) is 19.7 Å². The van der Waals surface area contributed by atoms with Crippen LogP contribution in [0.25, 0.3) is 5.95 Å². The fraction of sp³-hybridized carbons (Fsp3) is 0.133. The number of benzene rings is 1. The summed E-state index contributed by atoms with van der Waals surface area (Å²) >= 11 is 0. The van der Waals surface area contributed by atoms with Crippen LogP contribution >= 0.6 is 0 Å². The Labute approximate surface area is 130 Å². The first-order valence-electron chi connectivity index (χ1n) is 6.91. The van der Waals surface area contributed by atoms with Crippen molar-refractivity contribution in [3.05, 3.63) is 68.5 Å². The highest BCUT2D eigenvalue weighted by Gasteiger charge is 2.14. The number of aromatic amines is 2. The number of nitrogens with one attached hydrogen (secondary N) is 2. The summed E-state index contributed by atoms with van der Waals surface area (Å²) in [5.74, 6) is 0.115. The lowest BCUT2D eigenvalue weighted by Crippen LogP contribution is -2.21. The summed E-state index contributed by atoms with van der Waals surface area (Å²) in [6, 6.07) is 10.4. The zero-order valence-electron chi connectivity index (χ0n) is 12.6. The lowest BCUT2D eigenvalue weighted by Gasteiger charge is -2.00. The van der Waals surface area contributed by atoms with Gasteiger partial charge in [0.25, 0.3) is 5.56 Å². The molecule has 3 aromatic rings. The van der Waals surface area contributed by atoms with Gasteiger partial charge < -0.3 is 0 Å². The largest absolute Gasteiger partial charge is 0.301 e. The van der Waals surface area contributed by atoms with Gasteiger partial charge in [-0.2, -0.15) is 9.80 Å². The van der Waals surface area contributed by atoms with Gasteiger partial charge in [-0.3, -0.25) is 19.7 Å². The quantitative estimate of drug-likeness (QED) is 0.724. The normalized spacial score (nSPS) is 11.2. The van der Waals surface area contributed by atoms with Gasteiger partial charge in [-0.25, -0.2) is 4.98 Å². The van der Waals surface area contributed by atoms with Gasteiger partial charge >= 0.3 is 5.56 Å². The first kappa shape index (κ1) is 14.6. The molecule has 0 saturated heterocycles. The molecule has 0 spiro atoms. The summed E-state index contributed by atoms with van der Waals surface area (Å²) in [5, 5.41) is 10.9. The summed E-state index contributed by atoms with van der Waals surface area (Å²) in [5.41, 5.74) is 1.07. The maximum atomic E-state index is 12.4. The molecule has 0 unspecified atom stereocenters. The van der Waals surface area contributed by atoms with Gasteiger partial charge in [-0.1, -0.05) is 18.2 Å². The second-order valence-corrected chi connectivity index (χ2v) is 4.97. The van der Waals surface area contributed by atoms with Crippen LogP contribution in [0.2, 0.25) is 0 Å². The standard InChI is InChI=1S/C15H14N6O2/c1-9-8-12(22)17-15(16-9)21-14(23)13(10(2)20-21)19-18-11-6-4-3-5-7-11/h3-8,20H,1-2H3,(H,16,17,22). The minimum absolute atomic E-state index is 0.115. The number of aryl methyl sites for hydroxylation is 2. The monoisotopic (exact) mass is 310 g/mol. The molecule has 0 aliphatic carbocycles. The molecular weight excluding hydrogens is 296 g/mol. The van der Waals surface area contributed by atoms with Crippen LogP contribution in [-0.2, 0) is 0 Å². The number of rotatable bonds is 3. The van der Waals surface area contributed by atoms with Gasteiger partial charge in [0.05, 0.1) is 11.4 Å². The van der Waals surface area contributed by atoms with E-state index >= 15 is 0 Å². The molecular formula is C15H14N6O2. The van der Waals surface area contributed by atoms with Crippen molar-refractivity contribution in [2.24, 2.45) is 10.2 Å². The molecule has 0 fully saturated rings. The van der Waals surface area contributed by atoms with Gasteiger partial charge in [0.15, 0.2) is 5.69 Å². The molecule has 116 valence electrons. The third-order valence-electron chi connectivity index (χ3n) is 3.13. The second-order valence-electron chi connectivity index (χ2n) is 4.97. The van der Waals surface area contributed by atoms with E-state index in [2.05, 4.69) is 25.3 Å². The van der Waals surface area contributed by atoms with E-state index in [1.807, 2.05) is 18.2 Å². The van der Waals surface area contributed by atoms with Crippen molar-refractivity contribution >= 4 is 11.4 Å². The van der Waals surface area contributed by atoms with Crippen LogP contribution in [0, 0.1) is 13.8 Å². The van der Waals surface area contributed by atoms with Crippen LogP contribution < -0.4 is 11.1 Å². The van der Waals surface area contributed by atoms with Gasteiger partial charge in [0.1, 0.15) is 0 Å². The van der Waals surface area contributed by atoms with Crippen LogP contribution in [0.5, 0.6) is 0 Å². The zero-order chi connectivity index (χ0) is 16.4. The predicted molar refractivity (Wildman–Crippen MR) is 84.9 cm³/mol. The average Bonchev–Trinajstić information content (AvgIpc) is 2.80. The molecule has 0 aliphatic rings. The fourth-order valence-electron chi connectivity index (χ4n) is 2.08. The molecule has 1 aromatic carbocycles. The predicted octanol–water partition coefficient (Wildman–Crippen LogP) is 2.28. The highest BCUT2D eigenvalue weighted by molar-refractivity contribution is 5.42. The molecule has 0 bridgehead atoms. The Morgan fingerprint density at radius 3 is 2.52 bits per heavy atom. The summed E-state index contributed by atoms with van der Waals surface area (Å²) in [6.07, 6.45) is 0. The Morgan fingerprint density at radius 2 is 1.83 bits per heavy atom.